The number of fused-ring (bicyclic) bond motifs is 1. The highest BCUT2D eigenvalue weighted by Gasteiger charge is 2.26. The van der Waals surface area contributed by atoms with Crippen LogP contribution >= 0.6 is 0 Å². The first kappa shape index (κ1) is 13.9. The van der Waals surface area contributed by atoms with Crippen LogP contribution in [0.2, 0.25) is 0 Å². The van der Waals surface area contributed by atoms with Gasteiger partial charge in [-0.2, -0.15) is 5.10 Å². The fraction of sp³-hybridized carbons (Fsp3) is 0.500. The molecule has 3 rings (SSSR count). The standard InChI is InChI=1S/C16H21N3O2/c1-10-9-11(2)19(18-10)12(3)16(20)17-14-5-4-6-15-13(14)7-8-21-15/h7-9,12,14H,4-6H2,1-3H3,(H,17,20)/t12-,14-/m0/s1. The Morgan fingerprint density at radius 2 is 2.33 bits per heavy atom. The summed E-state index contributed by atoms with van der Waals surface area (Å²) in [7, 11) is 0. The van der Waals surface area contributed by atoms with Crippen molar-refractivity contribution in [1.82, 2.24) is 15.1 Å². The van der Waals surface area contributed by atoms with Gasteiger partial charge in [-0.1, -0.05) is 0 Å². The van der Waals surface area contributed by atoms with Gasteiger partial charge in [0.1, 0.15) is 11.8 Å². The van der Waals surface area contributed by atoms with E-state index in [4.69, 9.17) is 4.42 Å². The average molecular weight is 287 g/mol. The van der Waals surface area contributed by atoms with E-state index >= 15 is 0 Å². The van der Waals surface area contributed by atoms with Gasteiger partial charge in [-0.3, -0.25) is 9.48 Å². The number of carbonyl (C=O) groups excluding carboxylic acids is 1. The minimum absolute atomic E-state index is 0.000231. The van der Waals surface area contributed by atoms with E-state index in [9.17, 15) is 4.79 Å². The molecule has 2 aromatic rings. The predicted molar refractivity (Wildman–Crippen MR) is 78.9 cm³/mol. The van der Waals surface area contributed by atoms with Gasteiger partial charge in [-0.15, -0.1) is 0 Å². The van der Waals surface area contributed by atoms with E-state index < -0.39 is 0 Å². The van der Waals surface area contributed by atoms with Crippen molar-refractivity contribution in [1.29, 1.82) is 0 Å². The molecule has 0 saturated heterocycles. The van der Waals surface area contributed by atoms with Gasteiger partial charge in [0.15, 0.2) is 0 Å². The summed E-state index contributed by atoms with van der Waals surface area (Å²) in [5, 5.41) is 7.53. The van der Waals surface area contributed by atoms with Crippen LogP contribution < -0.4 is 5.32 Å². The molecule has 2 atom stereocenters. The molecule has 5 heteroatoms. The number of aryl methyl sites for hydroxylation is 3. The highest BCUT2D eigenvalue weighted by atomic mass is 16.3. The van der Waals surface area contributed by atoms with Crippen LogP contribution in [0.5, 0.6) is 0 Å². The number of nitrogens with one attached hydrogen (secondary N) is 1. The van der Waals surface area contributed by atoms with Gasteiger partial charge in [0.05, 0.1) is 18.0 Å². The highest BCUT2D eigenvalue weighted by molar-refractivity contribution is 5.80. The Morgan fingerprint density at radius 1 is 1.52 bits per heavy atom. The van der Waals surface area contributed by atoms with Crippen LogP contribution in [0.15, 0.2) is 22.8 Å². The number of furan rings is 1. The predicted octanol–water partition coefficient (Wildman–Crippen LogP) is 2.85. The topological polar surface area (TPSA) is 60.1 Å². The van der Waals surface area contributed by atoms with Crippen LogP contribution in [-0.2, 0) is 11.2 Å². The van der Waals surface area contributed by atoms with Gasteiger partial charge in [-0.05, 0) is 45.7 Å². The first-order valence-electron chi connectivity index (χ1n) is 7.45. The Morgan fingerprint density at radius 3 is 3.05 bits per heavy atom. The van der Waals surface area contributed by atoms with Crippen molar-refractivity contribution in [3.63, 3.8) is 0 Å². The minimum atomic E-state index is -0.309. The first-order chi connectivity index (χ1) is 10.1. The third kappa shape index (κ3) is 2.60. The Bertz CT molecular complexity index is 656. The zero-order valence-corrected chi connectivity index (χ0v) is 12.7. The van der Waals surface area contributed by atoms with Gasteiger partial charge in [0, 0.05) is 17.7 Å². The molecule has 0 unspecified atom stereocenters. The summed E-state index contributed by atoms with van der Waals surface area (Å²) < 4.78 is 7.25. The van der Waals surface area contributed by atoms with Crippen LogP contribution in [-0.4, -0.2) is 15.7 Å². The second-order valence-corrected chi connectivity index (χ2v) is 5.80. The summed E-state index contributed by atoms with van der Waals surface area (Å²) in [6.45, 7) is 5.79. The summed E-state index contributed by atoms with van der Waals surface area (Å²) in [4.78, 5) is 12.5. The summed E-state index contributed by atoms with van der Waals surface area (Å²) >= 11 is 0. The molecule has 1 aliphatic carbocycles. The fourth-order valence-corrected chi connectivity index (χ4v) is 3.08. The van der Waals surface area contributed by atoms with Gasteiger partial charge in [0.25, 0.3) is 0 Å². The minimum Gasteiger partial charge on any atom is -0.469 e. The second-order valence-electron chi connectivity index (χ2n) is 5.80. The van der Waals surface area contributed by atoms with Crippen molar-refractivity contribution in [2.24, 2.45) is 0 Å². The molecule has 0 aromatic carbocycles. The highest BCUT2D eigenvalue weighted by Crippen LogP contribution is 2.30. The molecule has 0 aliphatic heterocycles. The Hall–Kier alpha value is -2.04. The van der Waals surface area contributed by atoms with Crippen molar-refractivity contribution < 1.29 is 9.21 Å². The maximum Gasteiger partial charge on any atom is 0.245 e. The molecular formula is C16H21N3O2. The Kier molecular flexibility index (Phi) is 3.57. The third-order valence-corrected chi connectivity index (χ3v) is 4.16. The van der Waals surface area contributed by atoms with Gasteiger partial charge < -0.3 is 9.73 Å². The van der Waals surface area contributed by atoms with Crippen LogP contribution in [0.1, 0.15) is 54.6 Å². The lowest BCUT2D eigenvalue weighted by Gasteiger charge is -2.24. The summed E-state index contributed by atoms with van der Waals surface area (Å²) in [5.74, 6) is 1.01. The van der Waals surface area contributed by atoms with Crippen molar-refractivity contribution in [2.75, 3.05) is 0 Å². The molecule has 1 aliphatic rings. The maximum atomic E-state index is 12.5. The van der Waals surface area contributed by atoms with E-state index in [2.05, 4.69) is 10.4 Å². The van der Waals surface area contributed by atoms with Crippen LogP contribution in [0.25, 0.3) is 0 Å². The van der Waals surface area contributed by atoms with E-state index in [1.807, 2.05) is 32.9 Å². The zero-order valence-electron chi connectivity index (χ0n) is 12.7. The molecule has 0 saturated carbocycles. The normalized spacial score (nSPS) is 19.1. The Labute approximate surface area is 124 Å². The van der Waals surface area contributed by atoms with Crippen LogP contribution in [0, 0.1) is 13.8 Å². The second kappa shape index (κ2) is 5.39. The number of aromatic nitrogens is 2. The van der Waals surface area contributed by atoms with Crippen LogP contribution in [0.4, 0.5) is 0 Å². The van der Waals surface area contributed by atoms with Crippen molar-refractivity contribution in [2.45, 2.75) is 52.1 Å². The summed E-state index contributed by atoms with van der Waals surface area (Å²) in [6.07, 6.45) is 4.67. The number of hydrogen-bond acceptors (Lipinski definition) is 3. The van der Waals surface area contributed by atoms with Crippen molar-refractivity contribution in [3.05, 3.63) is 41.1 Å². The fourth-order valence-electron chi connectivity index (χ4n) is 3.08. The van der Waals surface area contributed by atoms with E-state index in [-0.39, 0.29) is 18.0 Å². The molecule has 0 radical (unpaired) electrons. The van der Waals surface area contributed by atoms with Crippen molar-refractivity contribution >= 4 is 5.91 Å². The first-order valence-corrected chi connectivity index (χ1v) is 7.45. The van der Waals surface area contributed by atoms with Gasteiger partial charge in [0.2, 0.25) is 5.91 Å². The number of hydrogen-bond donors (Lipinski definition) is 1. The van der Waals surface area contributed by atoms with Gasteiger partial charge >= 0.3 is 0 Å². The Balaban J connectivity index is 1.74. The molecule has 0 spiro atoms. The molecule has 1 amide bonds. The molecule has 0 fully saturated rings. The zero-order chi connectivity index (χ0) is 15.0. The molecule has 5 nitrogen and oxygen atoms in total. The van der Waals surface area contributed by atoms with Gasteiger partial charge in [-0.25, -0.2) is 0 Å². The lowest BCUT2D eigenvalue weighted by Crippen LogP contribution is -2.36. The molecule has 112 valence electrons. The number of rotatable bonds is 3. The molecule has 21 heavy (non-hydrogen) atoms. The summed E-state index contributed by atoms with van der Waals surface area (Å²) in [5.41, 5.74) is 3.06. The lowest BCUT2D eigenvalue weighted by molar-refractivity contribution is -0.125. The number of nitrogens with zero attached hydrogens (tertiary/aromatic N) is 2. The smallest absolute Gasteiger partial charge is 0.245 e. The molecule has 2 heterocycles. The van der Waals surface area contributed by atoms with E-state index in [0.717, 1.165) is 42.0 Å². The molecular weight excluding hydrogens is 266 g/mol. The molecule has 0 bridgehead atoms. The lowest BCUT2D eigenvalue weighted by atomic mass is 9.93. The monoisotopic (exact) mass is 287 g/mol. The largest absolute Gasteiger partial charge is 0.469 e. The average Bonchev–Trinajstić information content (AvgIpc) is 3.04. The van der Waals surface area contributed by atoms with Crippen molar-refractivity contribution in [3.8, 4) is 0 Å². The number of carbonyl (C=O) groups is 1. The summed E-state index contributed by atoms with van der Waals surface area (Å²) in [6, 6.07) is 3.70. The molecule has 2 aromatic heterocycles. The van der Waals surface area contributed by atoms with E-state index in [1.165, 1.54) is 0 Å². The SMILES string of the molecule is Cc1cc(C)n([C@@H](C)C(=O)N[C@H]2CCCc3occc32)n1. The third-order valence-electron chi connectivity index (χ3n) is 4.16. The van der Waals surface area contributed by atoms with E-state index in [0.29, 0.717) is 0 Å². The van der Waals surface area contributed by atoms with Crippen LogP contribution in [0.3, 0.4) is 0 Å². The van der Waals surface area contributed by atoms with E-state index in [1.54, 1.807) is 10.9 Å². The maximum absolute atomic E-state index is 12.5. The quantitative estimate of drug-likeness (QED) is 0.944. The number of amides is 1. The molecule has 1 N–H and O–H groups in total.